The second-order valence-electron chi connectivity index (χ2n) is 3.73. The van der Waals surface area contributed by atoms with Crippen molar-refractivity contribution in [3.05, 3.63) is 58.5 Å². The van der Waals surface area contributed by atoms with E-state index in [1.165, 1.54) is 42.6 Å². The van der Waals surface area contributed by atoms with E-state index in [4.69, 9.17) is 5.73 Å². The minimum Gasteiger partial charge on any atom is -0.369 e. The van der Waals surface area contributed by atoms with E-state index in [1.54, 1.807) is 0 Å². The van der Waals surface area contributed by atoms with Crippen molar-refractivity contribution < 1.29 is 9.31 Å². The lowest BCUT2D eigenvalue weighted by Gasteiger charge is -2.04. The van der Waals surface area contributed by atoms with Crippen LogP contribution in [0.4, 0.5) is 21.6 Å². The number of aliphatic imine (C=N–C) groups is 1. The van der Waals surface area contributed by atoms with Crippen molar-refractivity contribution in [3.8, 4) is 0 Å². The maximum atomic E-state index is 12.7. The number of rotatable bonds is 3. The first-order chi connectivity index (χ1) is 9.56. The summed E-state index contributed by atoms with van der Waals surface area (Å²) < 4.78 is 12.7. The molecule has 0 spiro atoms. The Kier molecular flexibility index (Phi) is 3.85. The summed E-state index contributed by atoms with van der Waals surface area (Å²) in [7, 11) is 0. The molecule has 0 saturated heterocycles. The molecule has 2 aromatic rings. The maximum Gasteiger partial charge on any atom is 0.313 e. The predicted octanol–water partition coefficient (Wildman–Crippen LogP) is 2.19. The maximum absolute atomic E-state index is 12.7. The van der Waals surface area contributed by atoms with Gasteiger partial charge in [-0.1, -0.05) is 0 Å². The fraction of sp³-hybridized carbons (Fsp3) is 0. The van der Waals surface area contributed by atoms with E-state index in [9.17, 15) is 14.5 Å². The lowest BCUT2D eigenvalue weighted by Crippen LogP contribution is -2.22. The van der Waals surface area contributed by atoms with Crippen LogP contribution in [0.5, 0.6) is 0 Å². The van der Waals surface area contributed by atoms with E-state index in [0.29, 0.717) is 5.69 Å². The molecule has 0 radical (unpaired) electrons. The van der Waals surface area contributed by atoms with E-state index in [0.717, 1.165) is 0 Å². The zero-order chi connectivity index (χ0) is 14.5. The van der Waals surface area contributed by atoms with Gasteiger partial charge in [0.05, 0.1) is 4.92 Å². The van der Waals surface area contributed by atoms with Gasteiger partial charge in [0, 0.05) is 18.0 Å². The van der Waals surface area contributed by atoms with Gasteiger partial charge in [-0.15, -0.1) is 0 Å². The highest BCUT2D eigenvalue weighted by Crippen LogP contribution is 2.23. The molecule has 0 aliphatic carbocycles. The summed E-state index contributed by atoms with van der Waals surface area (Å²) in [5.74, 6) is -0.575. The zero-order valence-corrected chi connectivity index (χ0v) is 10.2. The van der Waals surface area contributed by atoms with Gasteiger partial charge in [-0.25, -0.2) is 9.37 Å². The molecule has 0 amide bonds. The Morgan fingerprint density at radius 3 is 2.70 bits per heavy atom. The molecule has 0 unspecified atom stereocenters. The molecule has 0 bridgehead atoms. The smallest absolute Gasteiger partial charge is 0.313 e. The van der Waals surface area contributed by atoms with Crippen LogP contribution in [-0.4, -0.2) is 15.9 Å². The van der Waals surface area contributed by atoms with Gasteiger partial charge in [-0.05, 0) is 30.3 Å². The third-order valence-corrected chi connectivity index (χ3v) is 2.31. The van der Waals surface area contributed by atoms with Crippen LogP contribution in [-0.2, 0) is 0 Å². The van der Waals surface area contributed by atoms with Gasteiger partial charge in [0.1, 0.15) is 5.82 Å². The summed E-state index contributed by atoms with van der Waals surface area (Å²) in [5, 5.41) is 13.5. The number of hydrogen-bond donors (Lipinski definition) is 2. The molecule has 0 aliphatic heterocycles. The first kappa shape index (κ1) is 13.4. The fourth-order valence-corrected chi connectivity index (χ4v) is 1.44. The van der Waals surface area contributed by atoms with Gasteiger partial charge in [0.25, 0.3) is 0 Å². The van der Waals surface area contributed by atoms with E-state index < -0.39 is 4.92 Å². The summed E-state index contributed by atoms with van der Waals surface area (Å²) >= 11 is 0. The topological polar surface area (TPSA) is 106 Å². The number of nitrogens with one attached hydrogen (secondary N) is 1. The number of anilines is 1. The average molecular weight is 275 g/mol. The summed E-state index contributed by atoms with van der Waals surface area (Å²) in [6, 6.07) is 8.13. The number of aromatic nitrogens is 1. The molecule has 7 nitrogen and oxygen atoms in total. The van der Waals surface area contributed by atoms with Crippen LogP contribution in [0.25, 0.3) is 0 Å². The molecule has 1 aromatic heterocycles. The molecule has 0 fully saturated rings. The van der Waals surface area contributed by atoms with Crippen molar-refractivity contribution in [2.75, 3.05) is 5.32 Å². The highest BCUT2D eigenvalue weighted by Gasteiger charge is 2.13. The number of guanidine groups is 1. The number of nitro groups is 1. The molecular formula is C12H10FN5O2. The van der Waals surface area contributed by atoms with Gasteiger partial charge in [-0.3, -0.25) is 10.1 Å². The molecule has 102 valence electrons. The third-order valence-electron chi connectivity index (χ3n) is 2.31. The molecule has 0 aliphatic rings. The molecule has 3 N–H and O–H groups in total. The van der Waals surface area contributed by atoms with Crippen LogP contribution in [0.15, 0.2) is 47.6 Å². The number of hydrogen-bond acceptors (Lipinski definition) is 4. The van der Waals surface area contributed by atoms with Crippen LogP contribution < -0.4 is 11.1 Å². The Bertz CT molecular complexity index is 657. The minimum absolute atomic E-state index is 0.0848. The van der Waals surface area contributed by atoms with E-state index in [2.05, 4.69) is 15.3 Å². The number of benzene rings is 1. The molecular weight excluding hydrogens is 265 g/mol. The second-order valence-corrected chi connectivity index (χ2v) is 3.73. The molecule has 0 atom stereocenters. The van der Waals surface area contributed by atoms with Crippen LogP contribution in [0, 0.1) is 15.9 Å². The summed E-state index contributed by atoms with van der Waals surface area (Å²) in [5.41, 5.74) is 5.88. The van der Waals surface area contributed by atoms with Gasteiger partial charge < -0.3 is 11.1 Å². The quantitative estimate of drug-likeness (QED) is 0.386. The first-order valence-corrected chi connectivity index (χ1v) is 5.52. The van der Waals surface area contributed by atoms with Crippen molar-refractivity contribution in [3.63, 3.8) is 0 Å². The van der Waals surface area contributed by atoms with Crippen molar-refractivity contribution in [1.82, 2.24) is 4.98 Å². The summed E-state index contributed by atoms with van der Waals surface area (Å²) in [6.07, 6.45) is 1.37. The highest BCUT2D eigenvalue weighted by molar-refractivity contribution is 5.94. The molecule has 8 heteroatoms. The summed E-state index contributed by atoms with van der Waals surface area (Å²) in [4.78, 5) is 17.8. The van der Waals surface area contributed by atoms with E-state index >= 15 is 0 Å². The number of halogens is 1. The largest absolute Gasteiger partial charge is 0.369 e. The van der Waals surface area contributed by atoms with Crippen LogP contribution >= 0.6 is 0 Å². The Morgan fingerprint density at radius 2 is 2.05 bits per heavy atom. The highest BCUT2D eigenvalue weighted by atomic mass is 19.1. The normalized spacial score (nSPS) is 11.2. The Labute approximate surface area is 113 Å². The molecule has 0 saturated carbocycles. The van der Waals surface area contributed by atoms with Gasteiger partial charge >= 0.3 is 5.69 Å². The van der Waals surface area contributed by atoms with Crippen molar-refractivity contribution >= 4 is 23.2 Å². The minimum atomic E-state index is -0.600. The molecule has 1 aromatic carbocycles. The molecule has 2 rings (SSSR count). The fourth-order valence-electron chi connectivity index (χ4n) is 1.44. The predicted molar refractivity (Wildman–Crippen MR) is 72.2 cm³/mol. The van der Waals surface area contributed by atoms with E-state index in [-0.39, 0.29) is 23.3 Å². The second kappa shape index (κ2) is 5.74. The van der Waals surface area contributed by atoms with Crippen molar-refractivity contribution in [1.29, 1.82) is 0 Å². The lowest BCUT2D eigenvalue weighted by atomic mass is 10.3. The van der Waals surface area contributed by atoms with Gasteiger partial charge in [0.15, 0.2) is 5.96 Å². The SMILES string of the molecule is N/C(=N\c1ncccc1[N+](=O)[O-])Nc1ccc(F)cc1. The van der Waals surface area contributed by atoms with Crippen molar-refractivity contribution in [2.24, 2.45) is 10.7 Å². The zero-order valence-electron chi connectivity index (χ0n) is 10.2. The molecule has 1 heterocycles. The lowest BCUT2D eigenvalue weighted by molar-refractivity contribution is -0.384. The standard InChI is InChI=1S/C12H10FN5O2/c13-8-3-5-9(6-4-8)16-12(14)17-11-10(18(19)20)2-1-7-15-11/h1-7H,(H3,14,15,16,17). The van der Waals surface area contributed by atoms with Crippen LogP contribution in [0.1, 0.15) is 0 Å². The molecule has 20 heavy (non-hydrogen) atoms. The van der Waals surface area contributed by atoms with Gasteiger partial charge in [0.2, 0.25) is 5.82 Å². The monoisotopic (exact) mass is 275 g/mol. The number of pyridine rings is 1. The Balaban J connectivity index is 2.22. The van der Waals surface area contributed by atoms with E-state index in [1.807, 2.05) is 0 Å². The number of nitrogens with zero attached hydrogens (tertiary/aromatic N) is 3. The Hall–Kier alpha value is -3.03. The van der Waals surface area contributed by atoms with Crippen molar-refractivity contribution in [2.45, 2.75) is 0 Å². The Morgan fingerprint density at radius 1 is 1.35 bits per heavy atom. The first-order valence-electron chi connectivity index (χ1n) is 5.52. The van der Waals surface area contributed by atoms with Crippen LogP contribution in [0.3, 0.4) is 0 Å². The third kappa shape index (κ3) is 3.25. The van der Waals surface area contributed by atoms with Gasteiger partial charge in [-0.2, -0.15) is 4.99 Å². The summed E-state index contributed by atoms with van der Waals surface area (Å²) in [6.45, 7) is 0. The number of nitrogens with two attached hydrogens (primary N) is 1. The van der Waals surface area contributed by atoms with Crippen LogP contribution in [0.2, 0.25) is 0 Å². The average Bonchev–Trinajstić information content (AvgIpc) is 2.41.